The van der Waals surface area contributed by atoms with Crippen LogP contribution >= 0.6 is 0 Å². The summed E-state index contributed by atoms with van der Waals surface area (Å²) in [5.41, 5.74) is 2.10. The summed E-state index contributed by atoms with van der Waals surface area (Å²) in [5.74, 6) is 0.830. The van der Waals surface area contributed by atoms with Gasteiger partial charge in [0, 0.05) is 38.4 Å². The Morgan fingerprint density at radius 2 is 1.81 bits per heavy atom. The molecule has 0 aromatic heterocycles. The van der Waals surface area contributed by atoms with Crippen LogP contribution in [0.25, 0.3) is 0 Å². The highest BCUT2D eigenvalue weighted by atomic mass is 16.5. The molecule has 0 spiro atoms. The number of nitrogens with one attached hydrogen (secondary N) is 1. The van der Waals surface area contributed by atoms with Crippen LogP contribution in [-0.4, -0.2) is 72.8 Å². The minimum atomic E-state index is -0.535. The lowest BCUT2D eigenvalue weighted by Gasteiger charge is -2.35. The third-order valence-corrected chi connectivity index (χ3v) is 5.52. The first-order valence-corrected chi connectivity index (χ1v) is 11.3. The summed E-state index contributed by atoms with van der Waals surface area (Å²) in [4.78, 5) is 16.6. The first-order valence-electron chi connectivity index (χ1n) is 11.3. The molecule has 1 saturated heterocycles. The summed E-state index contributed by atoms with van der Waals surface area (Å²) in [6.07, 6.45) is 2.87. The number of carbonyl (C=O) groups is 1. The zero-order chi connectivity index (χ0) is 21.9. The lowest BCUT2D eigenvalue weighted by Crippen LogP contribution is -2.50. The standard InChI is InChI=1S/C25H35N3O3/c1-2-3-8-21-9-7-12-24(17-21)31-20-23(29)18-27-13-15-28(16-14-27)19-25(30)26-22-10-5-4-6-11-22/h4-7,9-12,17,23,29H,2-3,8,13-16,18-20H2,1H3,(H,26,30). The van der Waals surface area contributed by atoms with Crippen LogP contribution in [-0.2, 0) is 11.2 Å². The number of unbranched alkanes of at least 4 members (excludes halogenated alkanes) is 1. The van der Waals surface area contributed by atoms with Crippen LogP contribution in [0.2, 0.25) is 0 Å². The Bertz CT molecular complexity index is 792. The predicted molar refractivity (Wildman–Crippen MR) is 125 cm³/mol. The number of para-hydroxylation sites is 1. The molecule has 0 radical (unpaired) electrons. The molecule has 1 amide bonds. The molecule has 2 aromatic rings. The number of hydrogen-bond donors (Lipinski definition) is 2. The summed E-state index contributed by atoms with van der Waals surface area (Å²) in [7, 11) is 0. The molecule has 0 bridgehead atoms. The Labute approximate surface area is 185 Å². The fraction of sp³-hybridized carbons (Fsp3) is 0.480. The molecule has 6 nitrogen and oxygen atoms in total. The van der Waals surface area contributed by atoms with Crippen LogP contribution in [0, 0.1) is 0 Å². The van der Waals surface area contributed by atoms with Gasteiger partial charge in [-0.2, -0.15) is 0 Å². The first kappa shape index (κ1) is 23.3. The van der Waals surface area contributed by atoms with Crippen molar-refractivity contribution in [1.82, 2.24) is 9.80 Å². The van der Waals surface area contributed by atoms with E-state index in [0.717, 1.165) is 44.0 Å². The maximum absolute atomic E-state index is 12.2. The minimum Gasteiger partial charge on any atom is -0.491 e. The molecule has 31 heavy (non-hydrogen) atoms. The number of aliphatic hydroxyl groups is 1. The van der Waals surface area contributed by atoms with E-state index in [9.17, 15) is 9.90 Å². The van der Waals surface area contributed by atoms with E-state index in [1.165, 1.54) is 18.4 Å². The summed E-state index contributed by atoms with van der Waals surface area (Å²) in [6, 6.07) is 17.7. The lowest BCUT2D eigenvalue weighted by molar-refractivity contribution is -0.117. The second-order valence-corrected chi connectivity index (χ2v) is 8.21. The Hall–Kier alpha value is -2.41. The lowest BCUT2D eigenvalue weighted by atomic mass is 10.1. The van der Waals surface area contributed by atoms with Crippen molar-refractivity contribution in [3.8, 4) is 5.75 Å². The van der Waals surface area contributed by atoms with Gasteiger partial charge in [-0.05, 0) is 42.7 Å². The second kappa shape index (κ2) is 12.4. The van der Waals surface area contributed by atoms with Crippen molar-refractivity contribution in [3.63, 3.8) is 0 Å². The number of ether oxygens (including phenoxy) is 1. The Kier molecular flexibility index (Phi) is 9.34. The number of rotatable bonds is 11. The minimum absolute atomic E-state index is 0.00857. The fourth-order valence-electron chi connectivity index (χ4n) is 3.77. The number of nitrogens with zero attached hydrogens (tertiary/aromatic N) is 2. The second-order valence-electron chi connectivity index (χ2n) is 8.21. The number of carbonyl (C=O) groups excluding carboxylic acids is 1. The van der Waals surface area contributed by atoms with Crippen molar-refractivity contribution in [2.24, 2.45) is 0 Å². The molecule has 1 unspecified atom stereocenters. The number of aryl methyl sites for hydroxylation is 1. The van der Waals surface area contributed by atoms with Crippen molar-refractivity contribution in [1.29, 1.82) is 0 Å². The van der Waals surface area contributed by atoms with E-state index in [4.69, 9.17) is 4.74 Å². The average Bonchev–Trinajstić information content (AvgIpc) is 2.78. The molecule has 1 aliphatic rings. The monoisotopic (exact) mass is 425 g/mol. The van der Waals surface area contributed by atoms with Crippen LogP contribution in [0.15, 0.2) is 54.6 Å². The number of hydrogen-bond acceptors (Lipinski definition) is 5. The summed E-state index contributed by atoms with van der Waals surface area (Å²) >= 11 is 0. The molecule has 0 saturated carbocycles. The smallest absolute Gasteiger partial charge is 0.238 e. The topological polar surface area (TPSA) is 65.0 Å². The summed E-state index contributed by atoms with van der Waals surface area (Å²) < 4.78 is 5.82. The van der Waals surface area contributed by atoms with Gasteiger partial charge < -0.3 is 15.2 Å². The van der Waals surface area contributed by atoms with Crippen molar-refractivity contribution >= 4 is 11.6 Å². The molecular weight excluding hydrogens is 390 g/mol. The molecule has 1 heterocycles. The first-order chi connectivity index (χ1) is 15.1. The number of benzene rings is 2. The predicted octanol–water partition coefficient (Wildman–Crippen LogP) is 3.03. The van der Waals surface area contributed by atoms with Gasteiger partial charge in [-0.25, -0.2) is 0 Å². The summed E-state index contributed by atoms with van der Waals surface area (Å²) in [6.45, 7) is 6.75. The van der Waals surface area contributed by atoms with Gasteiger partial charge in [0.1, 0.15) is 18.5 Å². The van der Waals surface area contributed by atoms with E-state index < -0.39 is 6.10 Å². The van der Waals surface area contributed by atoms with Crippen molar-refractivity contribution in [2.45, 2.75) is 32.3 Å². The SMILES string of the molecule is CCCCc1cccc(OCC(O)CN2CCN(CC(=O)Nc3ccccc3)CC2)c1. The third-order valence-electron chi connectivity index (χ3n) is 5.52. The van der Waals surface area contributed by atoms with Crippen LogP contribution in [0.3, 0.4) is 0 Å². The number of amides is 1. The molecule has 1 fully saturated rings. The largest absolute Gasteiger partial charge is 0.491 e. The molecule has 3 rings (SSSR count). The molecule has 2 N–H and O–H groups in total. The Morgan fingerprint density at radius 3 is 2.55 bits per heavy atom. The van der Waals surface area contributed by atoms with Crippen LogP contribution < -0.4 is 10.1 Å². The van der Waals surface area contributed by atoms with E-state index in [0.29, 0.717) is 13.1 Å². The highest BCUT2D eigenvalue weighted by Crippen LogP contribution is 2.16. The molecule has 2 aromatic carbocycles. The van der Waals surface area contributed by atoms with Crippen LogP contribution in [0.1, 0.15) is 25.3 Å². The molecule has 0 aliphatic carbocycles. The average molecular weight is 426 g/mol. The molecule has 168 valence electrons. The highest BCUT2D eigenvalue weighted by Gasteiger charge is 2.21. The molecule has 1 atom stereocenters. The van der Waals surface area contributed by atoms with Crippen molar-refractivity contribution in [2.75, 3.05) is 51.2 Å². The van der Waals surface area contributed by atoms with E-state index in [1.807, 2.05) is 42.5 Å². The number of piperazine rings is 1. The van der Waals surface area contributed by atoms with E-state index >= 15 is 0 Å². The van der Waals surface area contributed by atoms with Crippen LogP contribution in [0.4, 0.5) is 5.69 Å². The number of anilines is 1. The van der Waals surface area contributed by atoms with Crippen molar-refractivity contribution in [3.05, 3.63) is 60.2 Å². The van der Waals surface area contributed by atoms with Gasteiger partial charge in [0.15, 0.2) is 0 Å². The van der Waals surface area contributed by atoms with Gasteiger partial charge in [-0.3, -0.25) is 14.6 Å². The molecule has 1 aliphatic heterocycles. The maximum atomic E-state index is 12.2. The van der Waals surface area contributed by atoms with E-state index in [1.54, 1.807) is 0 Å². The quantitative estimate of drug-likeness (QED) is 0.579. The van der Waals surface area contributed by atoms with Gasteiger partial charge in [0.25, 0.3) is 0 Å². The highest BCUT2D eigenvalue weighted by molar-refractivity contribution is 5.92. The molecular formula is C25H35N3O3. The van der Waals surface area contributed by atoms with Gasteiger partial charge in [-0.1, -0.05) is 43.7 Å². The third kappa shape index (κ3) is 8.32. The van der Waals surface area contributed by atoms with Crippen molar-refractivity contribution < 1.29 is 14.6 Å². The maximum Gasteiger partial charge on any atom is 0.238 e. The van der Waals surface area contributed by atoms with Gasteiger partial charge >= 0.3 is 0 Å². The number of β-amino-alcohol motifs (C(OH)–C–C–N with tert-alkyl or cyclic N) is 1. The van der Waals surface area contributed by atoms with Crippen LogP contribution in [0.5, 0.6) is 5.75 Å². The zero-order valence-electron chi connectivity index (χ0n) is 18.5. The Balaban J connectivity index is 1.33. The van der Waals surface area contributed by atoms with Gasteiger partial charge in [0.2, 0.25) is 5.91 Å². The summed E-state index contributed by atoms with van der Waals surface area (Å²) in [5, 5.41) is 13.3. The Morgan fingerprint density at radius 1 is 1.06 bits per heavy atom. The van der Waals surface area contributed by atoms with Gasteiger partial charge in [0.05, 0.1) is 6.54 Å². The van der Waals surface area contributed by atoms with Gasteiger partial charge in [-0.15, -0.1) is 0 Å². The normalized spacial score (nSPS) is 16.1. The fourth-order valence-corrected chi connectivity index (χ4v) is 3.77. The van der Waals surface area contributed by atoms with E-state index in [2.05, 4.69) is 34.2 Å². The molecule has 6 heteroatoms. The van der Waals surface area contributed by atoms with E-state index in [-0.39, 0.29) is 12.5 Å². The number of aliphatic hydroxyl groups excluding tert-OH is 1. The zero-order valence-corrected chi connectivity index (χ0v) is 18.5.